The molecular weight excluding hydrogens is 316 g/mol. The lowest BCUT2D eigenvalue weighted by molar-refractivity contribution is -0.0449. The molecule has 132 valence electrons. The van der Waals surface area contributed by atoms with Crippen LogP contribution in [0.5, 0.6) is 0 Å². The molecule has 1 saturated heterocycles. The average molecular weight is 340 g/mol. The van der Waals surface area contributed by atoms with Gasteiger partial charge < -0.3 is 14.7 Å². The molecule has 1 aliphatic heterocycles. The van der Waals surface area contributed by atoms with Crippen LogP contribution in [0.3, 0.4) is 0 Å². The van der Waals surface area contributed by atoms with E-state index in [1.165, 1.54) is 0 Å². The fourth-order valence-corrected chi connectivity index (χ4v) is 4.22. The Balaban J connectivity index is 1.68. The molecule has 1 amide bonds. The van der Waals surface area contributed by atoms with Gasteiger partial charge in [0.1, 0.15) is 0 Å². The molecule has 5 heteroatoms. The summed E-state index contributed by atoms with van der Waals surface area (Å²) in [7, 11) is 0. The summed E-state index contributed by atoms with van der Waals surface area (Å²) >= 11 is 0. The van der Waals surface area contributed by atoms with Gasteiger partial charge >= 0.3 is 0 Å². The number of aromatic nitrogens is 1. The largest absolute Gasteiger partial charge is 0.396 e. The smallest absolute Gasteiger partial charge is 0.256 e. The number of hydrogen-bond acceptors (Lipinski definition) is 4. The minimum Gasteiger partial charge on any atom is -0.396 e. The zero-order valence-electron chi connectivity index (χ0n) is 14.7. The van der Waals surface area contributed by atoms with Crippen LogP contribution in [0.1, 0.15) is 34.5 Å². The third-order valence-corrected chi connectivity index (χ3v) is 5.54. The van der Waals surface area contributed by atoms with Gasteiger partial charge in [-0.15, -0.1) is 0 Å². The number of pyridine rings is 1. The predicted octanol–water partition coefficient (Wildman–Crippen LogP) is 2.46. The second-order valence-electron chi connectivity index (χ2n) is 7.31. The van der Waals surface area contributed by atoms with E-state index in [9.17, 15) is 9.90 Å². The Morgan fingerprint density at radius 1 is 1.32 bits per heavy atom. The van der Waals surface area contributed by atoms with E-state index in [0.717, 1.165) is 35.0 Å². The first kappa shape index (κ1) is 16.5. The third-order valence-electron chi connectivity index (χ3n) is 5.54. The number of aryl methyl sites for hydroxylation is 2. The number of morpholine rings is 1. The molecule has 4 rings (SSSR count). The monoisotopic (exact) mass is 340 g/mol. The topological polar surface area (TPSA) is 62.7 Å². The van der Waals surface area contributed by atoms with Gasteiger partial charge in [0.2, 0.25) is 0 Å². The number of carbonyl (C=O) groups is 1. The number of amides is 1. The Labute approximate surface area is 147 Å². The first-order valence-electron chi connectivity index (χ1n) is 8.98. The number of nitrogens with zero attached hydrogens (tertiary/aromatic N) is 2. The molecule has 0 bridgehead atoms. The van der Waals surface area contributed by atoms with Crippen molar-refractivity contribution < 1.29 is 14.6 Å². The second-order valence-corrected chi connectivity index (χ2v) is 7.31. The molecule has 2 fully saturated rings. The fraction of sp³-hybridized carbons (Fsp3) is 0.500. The summed E-state index contributed by atoms with van der Waals surface area (Å²) < 4.78 is 5.85. The highest BCUT2D eigenvalue weighted by molar-refractivity contribution is 5.99. The Hall–Kier alpha value is -1.98. The van der Waals surface area contributed by atoms with Crippen LogP contribution in [0, 0.1) is 19.8 Å². The van der Waals surface area contributed by atoms with Crippen LogP contribution in [-0.4, -0.2) is 52.8 Å². The number of benzene rings is 1. The van der Waals surface area contributed by atoms with Crippen molar-refractivity contribution in [2.75, 3.05) is 19.8 Å². The lowest BCUT2D eigenvalue weighted by Gasteiger charge is -2.37. The molecule has 1 aliphatic carbocycles. The minimum absolute atomic E-state index is 0.0327. The first-order chi connectivity index (χ1) is 12.1. The molecule has 1 aromatic carbocycles. The fourth-order valence-electron chi connectivity index (χ4n) is 4.22. The zero-order chi connectivity index (χ0) is 17.6. The van der Waals surface area contributed by atoms with Crippen LogP contribution >= 0.6 is 0 Å². The van der Waals surface area contributed by atoms with Gasteiger partial charge in [-0.05, 0) is 50.8 Å². The van der Waals surface area contributed by atoms with Gasteiger partial charge in [0.25, 0.3) is 5.91 Å². The van der Waals surface area contributed by atoms with Crippen LogP contribution in [0.25, 0.3) is 10.9 Å². The molecule has 0 radical (unpaired) electrons. The SMILES string of the molecule is Cc1ccc2nc(C)c(C(=O)N3CCOC4C[C@H](CO)C[C@@H]43)cc2c1. The van der Waals surface area contributed by atoms with Gasteiger partial charge in [-0.3, -0.25) is 9.78 Å². The van der Waals surface area contributed by atoms with Crippen LogP contribution in [-0.2, 0) is 4.74 Å². The van der Waals surface area contributed by atoms with Gasteiger partial charge in [-0.1, -0.05) is 11.6 Å². The van der Waals surface area contributed by atoms with E-state index in [1.807, 2.05) is 36.9 Å². The molecule has 1 saturated carbocycles. The molecule has 3 atom stereocenters. The number of rotatable bonds is 2. The lowest BCUT2D eigenvalue weighted by Crippen LogP contribution is -2.51. The van der Waals surface area contributed by atoms with E-state index in [4.69, 9.17) is 4.74 Å². The Morgan fingerprint density at radius 3 is 2.96 bits per heavy atom. The van der Waals surface area contributed by atoms with Crippen LogP contribution in [0.2, 0.25) is 0 Å². The maximum absolute atomic E-state index is 13.3. The summed E-state index contributed by atoms with van der Waals surface area (Å²) in [6, 6.07) is 8.13. The molecule has 2 heterocycles. The quantitative estimate of drug-likeness (QED) is 0.912. The molecule has 25 heavy (non-hydrogen) atoms. The van der Waals surface area contributed by atoms with Gasteiger partial charge in [-0.25, -0.2) is 0 Å². The van der Waals surface area contributed by atoms with E-state index >= 15 is 0 Å². The lowest BCUT2D eigenvalue weighted by atomic mass is 10.0. The van der Waals surface area contributed by atoms with Crippen molar-refractivity contribution in [2.45, 2.75) is 38.8 Å². The third kappa shape index (κ3) is 2.92. The molecule has 1 unspecified atom stereocenters. The number of hydrogen-bond donors (Lipinski definition) is 1. The maximum atomic E-state index is 13.3. The Kier molecular flexibility index (Phi) is 4.21. The van der Waals surface area contributed by atoms with Crippen molar-refractivity contribution in [2.24, 2.45) is 5.92 Å². The van der Waals surface area contributed by atoms with Crippen molar-refractivity contribution in [1.29, 1.82) is 0 Å². The van der Waals surface area contributed by atoms with Crippen LogP contribution < -0.4 is 0 Å². The summed E-state index contributed by atoms with van der Waals surface area (Å²) in [4.78, 5) is 19.8. The number of ether oxygens (including phenoxy) is 1. The summed E-state index contributed by atoms with van der Waals surface area (Å²) in [5, 5.41) is 10.5. The maximum Gasteiger partial charge on any atom is 0.256 e. The number of carbonyl (C=O) groups excluding carboxylic acids is 1. The highest BCUT2D eigenvalue weighted by Gasteiger charge is 2.43. The van der Waals surface area contributed by atoms with E-state index < -0.39 is 0 Å². The average Bonchev–Trinajstić information content (AvgIpc) is 3.04. The highest BCUT2D eigenvalue weighted by Crippen LogP contribution is 2.35. The van der Waals surface area contributed by atoms with E-state index in [-0.39, 0.29) is 30.6 Å². The summed E-state index contributed by atoms with van der Waals surface area (Å²) in [6.45, 7) is 5.26. The summed E-state index contributed by atoms with van der Waals surface area (Å²) in [6.07, 6.45) is 1.69. The van der Waals surface area contributed by atoms with Gasteiger partial charge in [0.05, 0.1) is 35.5 Å². The molecule has 2 aliphatic rings. The van der Waals surface area contributed by atoms with Crippen molar-refractivity contribution in [3.63, 3.8) is 0 Å². The number of fused-ring (bicyclic) bond motifs is 2. The van der Waals surface area contributed by atoms with Gasteiger partial charge in [0.15, 0.2) is 0 Å². The minimum atomic E-state index is 0.0327. The van der Waals surface area contributed by atoms with Crippen LogP contribution in [0.4, 0.5) is 0 Å². The van der Waals surface area contributed by atoms with Gasteiger partial charge in [-0.2, -0.15) is 0 Å². The standard InChI is InChI=1S/C20H24N2O3/c1-12-3-4-17-15(7-12)10-16(13(2)21-17)20(24)22-5-6-25-19-9-14(11-23)8-18(19)22/h3-4,7,10,14,18-19,23H,5-6,8-9,11H2,1-2H3/t14-,18+,19?/m1/s1. The first-order valence-corrected chi connectivity index (χ1v) is 8.98. The molecule has 1 aromatic heterocycles. The number of aliphatic hydroxyl groups excluding tert-OH is 1. The normalized spacial score (nSPS) is 26.0. The summed E-state index contributed by atoms with van der Waals surface area (Å²) in [5.41, 5.74) is 3.51. The molecule has 2 aromatic rings. The summed E-state index contributed by atoms with van der Waals surface area (Å²) in [5.74, 6) is 0.257. The van der Waals surface area contributed by atoms with Crippen molar-refractivity contribution in [1.82, 2.24) is 9.88 Å². The molecule has 0 spiro atoms. The van der Waals surface area contributed by atoms with Crippen molar-refractivity contribution in [3.8, 4) is 0 Å². The van der Waals surface area contributed by atoms with Gasteiger partial charge in [0, 0.05) is 18.5 Å². The van der Waals surface area contributed by atoms with E-state index in [2.05, 4.69) is 11.1 Å². The number of aliphatic hydroxyl groups is 1. The van der Waals surface area contributed by atoms with Crippen LogP contribution in [0.15, 0.2) is 24.3 Å². The molecular formula is C20H24N2O3. The van der Waals surface area contributed by atoms with E-state index in [0.29, 0.717) is 18.7 Å². The Bertz CT molecular complexity index is 820. The molecule has 5 nitrogen and oxygen atoms in total. The highest BCUT2D eigenvalue weighted by atomic mass is 16.5. The molecule has 1 N–H and O–H groups in total. The van der Waals surface area contributed by atoms with Crippen molar-refractivity contribution in [3.05, 3.63) is 41.1 Å². The second kappa shape index (κ2) is 6.39. The van der Waals surface area contributed by atoms with Crippen molar-refractivity contribution >= 4 is 16.8 Å². The Morgan fingerprint density at radius 2 is 2.16 bits per heavy atom. The van der Waals surface area contributed by atoms with E-state index in [1.54, 1.807) is 0 Å². The zero-order valence-corrected chi connectivity index (χ0v) is 14.7. The predicted molar refractivity (Wildman–Crippen MR) is 95.6 cm³/mol.